The summed E-state index contributed by atoms with van der Waals surface area (Å²) < 4.78 is 0. The van der Waals surface area contributed by atoms with E-state index in [9.17, 15) is 0 Å². The van der Waals surface area contributed by atoms with Crippen LogP contribution in [0.5, 0.6) is 0 Å². The largest absolute Gasteiger partial charge is 0.310 e. The predicted molar refractivity (Wildman–Crippen MR) is 91.7 cm³/mol. The molecule has 0 radical (unpaired) electrons. The third-order valence-electron chi connectivity index (χ3n) is 4.77. The molecule has 0 saturated carbocycles. The van der Waals surface area contributed by atoms with E-state index in [0.717, 1.165) is 12.5 Å². The lowest BCUT2D eigenvalue weighted by molar-refractivity contribution is 0.264. The summed E-state index contributed by atoms with van der Waals surface area (Å²) in [6, 6.07) is 9.53. The third kappa shape index (κ3) is 5.44. The number of nitrogens with one attached hydrogen (secondary N) is 1. The average Bonchev–Trinajstić information content (AvgIpc) is 2.69. The first-order valence-corrected chi connectivity index (χ1v) is 8.71. The van der Waals surface area contributed by atoms with Gasteiger partial charge >= 0.3 is 0 Å². The second-order valence-electron chi connectivity index (χ2n) is 6.69. The molecule has 1 aromatic rings. The van der Waals surface area contributed by atoms with Crippen molar-refractivity contribution in [2.24, 2.45) is 5.92 Å². The van der Waals surface area contributed by atoms with E-state index < -0.39 is 0 Å². The Morgan fingerprint density at radius 1 is 1.19 bits per heavy atom. The van der Waals surface area contributed by atoms with Crippen molar-refractivity contribution in [1.82, 2.24) is 10.2 Å². The summed E-state index contributed by atoms with van der Waals surface area (Å²) in [5.41, 5.74) is 2.78. The third-order valence-corrected chi connectivity index (χ3v) is 4.77. The lowest BCUT2D eigenvalue weighted by Crippen LogP contribution is -2.30. The van der Waals surface area contributed by atoms with Crippen molar-refractivity contribution in [3.8, 4) is 0 Å². The van der Waals surface area contributed by atoms with Gasteiger partial charge in [0.15, 0.2) is 0 Å². The molecule has 0 spiro atoms. The van der Waals surface area contributed by atoms with Gasteiger partial charge < -0.3 is 10.2 Å². The van der Waals surface area contributed by atoms with Gasteiger partial charge in [-0.1, -0.05) is 43.7 Å². The summed E-state index contributed by atoms with van der Waals surface area (Å²) in [6.07, 6.45) is 5.37. The van der Waals surface area contributed by atoms with Gasteiger partial charge in [-0.2, -0.15) is 0 Å². The fraction of sp³-hybridized carbons (Fsp3) is 0.684. The standard InChI is InChI=1S/C19H32N2/c1-4-20-19(18-9-7-17(3)8-10-18)12-15-21-13-5-6-16(2)11-14-21/h7-10,16,19-20H,4-6,11-15H2,1-3H3. The first-order chi connectivity index (χ1) is 10.2. The molecule has 1 N–H and O–H groups in total. The number of hydrogen-bond donors (Lipinski definition) is 1. The number of aryl methyl sites for hydroxylation is 1. The molecule has 1 heterocycles. The van der Waals surface area contributed by atoms with E-state index in [1.165, 1.54) is 56.4 Å². The van der Waals surface area contributed by atoms with Gasteiger partial charge in [0.2, 0.25) is 0 Å². The van der Waals surface area contributed by atoms with Crippen LogP contribution >= 0.6 is 0 Å². The fourth-order valence-electron chi connectivity index (χ4n) is 3.29. The molecule has 0 amide bonds. The van der Waals surface area contributed by atoms with Gasteiger partial charge in [0.25, 0.3) is 0 Å². The minimum atomic E-state index is 0.497. The van der Waals surface area contributed by atoms with Gasteiger partial charge in [-0.05, 0) is 70.3 Å². The van der Waals surface area contributed by atoms with Gasteiger partial charge in [-0.15, -0.1) is 0 Å². The van der Waals surface area contributed by atoms with Crippen LogP contribution in [-0.2, 0) is 0 Å². The molecule has 0 aliphatic carbocycles. The van der Waals surface area contributed by atoms with Crippen molar-refractivity contribution < 1.29 is 0 Å². The molecule has 1 aliphatic heterocycles. The molecule has 2 rings (SSSR count). The van der Waals surface area contributed by atoms with E-state index in [0.29, 0.717) is 6.04 Å². The summed E-state index contributed by atoms with van der Waals surface area (Å²) in [7, 11) is 0. The first-order valence-electron chi connectivity index (χ1n) is 8.71. The number of likely N-dealkylation sites (tertiary alicyclic amines) is 1. The minimum Gasteiger partial charge on any atom is -0.310 e. The topological polar surface area (TPSA) is 15.3 Å². The van der Waals surface area contributed by atoms with Crippen LogP contribution in [0.4, 0.5) is 0 Å². The molecule has 1 aliphatic rings. The zero-order chi connectivity index (χ0) is 15.1. The highest BCUT2D eigenvalue weighted by Gasteiger charge is 2.16. The quantitative estimate of drug-likeness (QED) is 0.845. The second kappa shape index (κ2) is 8.55. The van der Waals surface area contributed by atoms with E-state index in [2.05, 4.69) is 55.3 Å². The summed E-state index contributed by atoms with van der Waals surface area (Å²) in [4.78, 5) is 2.67. The summed E-state index contributed by atoms with van der Waals surface area (Å²) >= 11 is 0. The fourth-order valence-corrected chi connectivity index (χ4v) is 3.29. The second-order valence-corrected chi connectivity index (χ2v) is 6.69. The van der Waals surface area contributed by atoms with E-state index >= 15 is 0 Å². The van der Waals surface area contributed by atoms with E-state index in [1.54, 1.807) is 0 Å². The maximum Gasteiger partial charge on any atom is 0.0332 e. The van der Waals surface area contributed by atoms with Crippen LogP contribution in [0.3, 0.4) is 0 Å². The Morgan fingerprint density at radius 2 is 1.95 bits per heavy atom. The Kier molecular flexibility index (Phi) is 6.72. The molecule has 21 heavy (non-hydrogen) atoms. The monoisotopic (exact) mass is 288 g/mol. The maximum atomic E-state index is 3.66. The Bertz CT molecular complexity index is 399. The predicted octanol–water partition coefficient (Wildman–Crippen LogP) is 4.16. The van der Waals surface area contributed by atoms with Crippen LogP contribution in [0.15, 0.2) is 24.3 Å². The number of rotatable bonds is 6. The minimum absolute atomic E-state index is 0.497. The molecule has 1 aromatic carbocycles. The first kappa shape index (κ1) is 16.5. The van der Waals surface area contributed by atoms with Gasteiger partial charge in [-0.3, -0.25) is 0 Å². The van der Waals surface area contributed by atoms with Crippen LogP contribution < -0.4 is 5.32 Å². The molecule has 1 saturated heterocycles. The summed E-state index contributed by atoms with van der Waals surface area (Å²) in [5, 5.41) is 3.66. The molecular weight excluding hydrogens is 256 g/mol. The van der Waals surface area contributed by atoms with Gasteiger partial charge in [0, 0.05) is 6.04 Å². The molecule has 118 valence electrons. The highest BCUT2D eigenvalue weighted by molar-refractivity contribution is 5.24. The zero-order valence-corrected chi connectivity index (χ0v) is 14.1. The molecule has 2 unspecified atom stereocenters. The Morgan fingerprint density at radius 3 is 2.67 bits per heavy atom. The van der Waals surface area contributed by atoms with Crippen LogP contribution in [0.25, 0.3) is 0 Å². The van der Waals surface area contributed by atoms with Crippen LogP contribution in [0.2, 0.25) is 0 Å². The smallest absolute Gasteiger partial charge is 0.0332 e. The lowest BCUT2D eigenvalue weighted by atomic mass is 10.0. The number of hydrogen-bond acceptors (Lipinski definition) is 2. The molecule has 2 atom stereocenters. The highest BCUT2D eigenvalue weighted by Crippen LogP contribution is 2.20. The van der Waals surface area contributed by atoms with Crippen molar-refractivity contribution in [2.45, 2.75) is 52.5 Å². The van der Waals surface area contributed by atoms with Gasteiger partial charge in [0.1, 0.15) is 0 Å². The molecule has 2 nitrogen and oxygen atoms in total. The normalized spacial score (nSPS) is 22.0. The number of benzene rings is 1. The van der Waals surface area contributed by atoms with Crippen LogP contribution in [-0.4, -0.2) is 31.1 Å². The Labute approximate surface area is 130 Å². The van der Waals surface area contributed by atoms with Crippen LogP contribution in [0, 0.1) is 12.8 Å². The zero-order valence-electron chi connectivity index (χ0n) is 14.1. The molecule has 1 fully saturated rings. The van der Waals surface area contributed by atoms with E-state index in [-0.39, 0.29) is 0 Å². The molecule has 0 aromatic heterocycles. The van der Waals surface area contributed by atoms with Gasteiger partial charge in [-0.25, -0.2) is 0 Å². The van der Waals surface area contributed by atoms with Crippen molar-refractivity contribution in [3.05, 3.63) is 35.4 Å². The average molecular weight is 288 g/mol. The molecular formula is C19H32N2. The van der Waals surface area contributed by atoms with Crippen molar-refractivity contribution >= 4 is 0 Å². The van der Waals surface area contributed by atoms with E-state index in [1.807, 2.05) is 0 Å². The lowest BCUT2D eigenvalue weighted by Gasteiger charge is -2.24. The number of nitrogens with zero attached hydrogens (tertiary/aromatic N) is 1. The summed E-state index contributed by atoms with van der Waals surface area (Å²) in [5.74, 6) is 0.914. The Hall–Kier alpha value is -0.860. The van der Waals surface area contributed by atoms with Crippen LogP contribution in [0.1, 0.15) is 56.7 Å². The van der Waals surface area contributed by atoms with Gasteiger partial charge in [0.05, 0.1) is 0 Å². The van der Waals surface area contributed by atoms with Crippen molar-refractivity contribution in [1.29, 1.82) is 0 Å². The van der Waals surface area contributed by atoms with Crippen molar-refractivity contribution in [3.63, 3.8) is 0 Å². The Balaban J connectivity index is 1.89. The molecule has 0 bridgehead atoms. The van der Waals surface area contributed by atoms with Crippen molar-refractivity contribution in [2.75, 3.05) is 26.2 Å². The maximum absolute atomic E-state index is 3.66. The van der Waals surface area contributed by atoms with E-state index in [4.69, 9.17) is 0 Å². The SMILES string of the molecule is CCNC(CCN1CCCC(C)CC1)c1ccc(C)cc1. The highest BCUT2D eigenvalue weighted by atomic mass is 15.1. The molecule has 2 heteroatoms. The summed E-state index contributed by atoms with van der Waals surface area (Å²) in [6.45, 7) is 11.6.